The van der Waals surface area contributed by atoms with Gasteiger partial charge in [0.05, 0.1) is 0 Å². The van der Waals surface area contributed by atoms with Crippen LogP contribution in [0.15, 0.2) is 48.5 Å². The van der Waals surface area contributed by atoms with Crippen LogP contribution in [0.1, 0.15) is 35.1 Å². The van der Waals surface area contributed by atoms with E-state index in [2.05, 4.69) is 41.7 Å². The first-order valence-corrected chi connectivity index (χ1v) is 6.69. The van der Waals surface area contributed by atoms with E-state index in [0.29, 0.717) is 12.0 Å². The molecule has 0 amide bonds. The number of benzene rings is 2. The lowest BCUT2D eigenvalue weighted by Gasteiger charge is -2.12. The summed E-state index contributed by atoms with van der Waals surface area (Å²) >= 11 is 5.96. The third-order valence-corrected chi connectivity index (χ3v) is 4.09. The quantitative estimate of drug-likeness (QED) is 0.856. The summed E-state index contributed by atoms with van der Waals surface area (Å²) in [6, 6.07) is 17.4. The molecule has 0 aromatic heterocycles. The van der Waals surface area contributed by atoms with Gasteiger partial charge in [-0.2, -0.15) is 0 Å². The Balaban J connectivity index is 0.00000133. The molecule has 1 nitrogen and oxygen atoms in total. The summed E-state index contributed by atoms with van der Waals surface area (Å²) in [5.41, 5.74) is 4.23. The highest BCUT2D eigenvalue weighted by Gasteiger charge is 2.30. The van der Waals surface area contributed by atoms with Gasteiger partial charge < -0.3 is 5.32 Å². The molecule has 3 rings (SSSR count). The van der Waals surface area contributed by atoms with E-state index in [1.807, 2.05) is 19.2 Å². The Morgan fingerprint density at radius 3 is 2.26 bits per heavy atom. The maximum atomic E-state index is 5.96. The monoisotopic (exact) mass is 293 g/mol. The third kappa shape index (κ3) is 2.64. The molecule has 2 unspecified atom stereocenters. The first-order valence-electron chi connectivity index (χ1n) is 6.31. The molecule has 1 aliphatic rings. The smallest absolute Gasteiger partial charge is 0.0406 e. The first kappa shape index (κ1) is 14.4. The predicted molar refractivity (Wildman–Crippen MR) is 83.4 cm³/mol. The molecule has 100 valence electrons. The Bertz CT molecular complexity index is 551. The number of hydrogen-bond donors (Lipinski definition) is 1. The molecule has 3 heteroatoms. The fourth-order valence-corrected chi connectivity index (χ4v) is 3.05. The van der Waals surface area contributed by atoms with Crippen LogP contribution in [0.4, 0.5) is 0 Å². The van der Waals surface area contributed by atoms with Crippen LogP contribution in [0.25, 0.3) is 0 Å². The summed E-state index contributed by atoms with van der Waals surface area (Å²) in [6.07, 6.45) is 1.12. The predicted octanol–water partition coefficient (Wildman–Crippen LogP) is 4.56. The molecule has 2 aromatic rings. The topological polar surface area (TPSA) is 12.0 Å². The molecule has 0 saturated heterocycles. The molecule has 0 spiro atoms. The number of fused-ring (bicyclic) bond motifs is 1. The van der Waals surface area contributed by atoms with Gasteiger partial charge in [0.15, 0.2) is 0 Å². The standard InChI is InChI=1S/C16H16ClN.ClH/c1-18-16-10-15(11-6-8-12(17)9-7-11)13-4-2-3-5-14(13)16;/h2-9,15-16,18H,10H2,1H3;1H. The van der Waals surface area contributed by atoms with Crippen molar-refractivity contribution in [2.75, 3.05) is 7.05 Å². The Kier molecular flexibility index (Phi) is 4.51. The highest BCUT2D eigenvalue weighted by molar-refractivity contribution is 6.30. The number of nitrogens with one attached hydrogen (secondary N) is 1. The van der Waals surface area contributed by atoms with Gasteiger partial charge in [0.1, 0.15) is 0 Å². The van der Waals surface area contributed by atoms with Crippen molar-refractivity contribution in [2.45, 2.75) is 18.4 Å². The normalized spacial score (nSPS) is 20.7. The van der Waals surface area contributed by atoms with Crippen molar-refractivity contribution in [3.63, 3.8) is 0 Å². The van der Waals surface area contributed by atoms with Gasteiger partial charge in [0.25, 0.3) is 0 Å². The van der Waals surface area contributed by atoms with Crippen LogP contribution in [-0.4, -0.2) is 7.05 Å². The zero-order valence-electron chi connectivity index (χ0n) is 10.8. The second kappa shape index (κ2) is 5.96. The van der Waals surface area contributed by atoms with Gasteiger partial charge in [-0.05, 0) is 42.3 Å². The van der Waals surface area contributed by atoms with Gasteiger partial charge in [0.2, 0.25) is 0 Å². The highest BCUT2D eigenvalue weighted by atomic mass is 35.5. The van der Waals surface area contributed by atoms with Gasteiger partial charge in [-0.1, -0.05) is 48.0 Å². The molecule has 0 saturated carbocycles. The van der Waals surface area contributed by atoms with Crippen molar-refractivity contribution >= 4 is 24.0 Å². The van der Waals surface area contributed by atoms with Crippen LogP contribution in [0.5, 0.6) is 0 Å². The van der Waals surface area contributed by atoms with Gasteiger partial charge >= 0.3 is 0 Å². The molecule has 0 bridgehead atoms. The molecule has 0 aliphatic heterocycles. The minimum atomic E-state index is 0. The van der Waals surface area contributed by atoms with Crippen molar-refractivity contribution in [1.82, 2.24) is 5.32 Å². The SMILES string of the molecule is CNC1CC(c2ccc(Cl)cc2)c2ccccc21.Cl. The zero-order chi connectivity index (χ0) is 12.5. The highest BCUT2D eigenvalue weighted by Crippen LogP contribution is 2.43. The first-order chi connectivity index (χ1) is 8.79. The average Bonchev–Trinajstić information content (AvgIpc) is 2.79. The molecule has 1 aliphatic carbocycles. The van der Waals surface area contributed by atoms with Crippen LogP contribution in [0.3, 0.4) is 0 Å². The average molecular weight is 294 g/mol. The van der Waals surface area contributed by atoms with Gasteiger partial charge in [-0.25, -0.2) is 0 Å². The minimum Gasteiger partial charge on any atom is -0.313 e. The summed E-state index contributed by atoms with van der Waals surface area (Å²) in [7, 11) is 2.03. The van der Waals surface area contributed by atoms with Crippen molar-refractivity contribution in [1.29, 1.82) is 0 Å². The Morgan fingerprint density at radius 2 is 1.63 bits per heavy atom. The molecule has 0 radical (unpaired) electrons. The van der Waals surface area contributed by atoms with Crippen molar-refractivity contribution in [3.05, 3.63) is 70.2 Å². The molecule has 19 heavy (non-hydrogen) atoms. The summed E-state index contributed by atoms with van der Waals surface area (Å²) in [6.45, 7) is 0. The largest absolute Gasteiger partial charge is 0.313 e. The third-order valence-electron chi connectivity index (χ3n) is 3.84. The number of halogens is 2. The molecule has 2 aromatic carbocycles. The van der Waals surface area contributed by atoms with Crippen LogP contribution in [0.2, 0.25) is 5.02 Å². The van der Waals surface area contributed by atoms with Crippen molar-refractivity contribution in [2.24, 2.45) is 0 Å². The fraction of sp³-hybridized carbons (Fsp3) is 0.250. The lowest BCUT2D eigenvalue weighted by atomic mass is 9.93. The van der Waals surface area contributed by atoms with Gasteiger partial charge in [0, 0.05) is 17.0 Å². The lowest BCUT2D eigenvalue weighted by molar-refractivity contribution is 0.564. The second-order valence-corrected chi connectivity index (χ2v) is 5.25. The van der Waals surface area contributed by atoms with Gasteiger partial charge in [-0.3, -0.25) is 0 Å². The summed E-state index contributed by atoms with van der Waals surface area (Å²) < 4.78 is 0. The van der Waals surface area contributed by atoms with Crippen LogP contribution in [-0.2, 0) is 0 Å². The Labute approximate surface area is 125 Å². The molecule has 2 atom stereocenters. The molecule has 1 N–H and O–H groups in total. The maximum absolute atomic E-state index is 5.96. The van der Waals surface area contributed by atoms with Crippen LogP contribution in [0, 0.1) is 0 Å². The van der Waals surface area contributed by atoms with E-state index >= 15 is 0 Å². The van der Waals surface area contributed by atoms with E-state index in [4.69, 9.17) is 11.6 Å². The van der Waals surface area contributed by atoms with E-state index < -0.39 is 0 Å². The lowest BCUT2D eigenvalue weighted by Crippen LogP contribution is -2.13. The summed E-state index contributed by atoms with van der Waals surface area (Å²) in [4.78, 5) is 0. The van der Waals surface area contributed by atoms with E-state index in [1.54, 1.807) is 0 Å². The fourth-order valence-electron chi connectivity index (χ4n) is 2.92. The van der Waals surface area contributed by atoms with E-state index in [0.717, 1.165) is 11.4 Å². The van der Waals surface area contributed by atoms with Crippen LogP contribution < -0.4 is 5.32 Å². The van der Waals surface area contributed by atoms with Gasteiger partial charge in [-0.15, -0.1) is 12.4 Å². The maximum Gasteiger partial charge on any atom is 0.0406 e. The van der Waals surface area contributed by atoms with Crippen molar-refractivity contribution < 1.29 is 0 Å². The Hall–Kier alpha value is -1.02. The van der Waals surface area contributed by atoms with E-state index in [1.165, 1.54) is 16.7 Å². The summed E-state index contributed by atoms with van der Waals surface area (Å²) in [5.74, 6) is 0.482. The minimum absolute atomic E-state index is 0. The van der Waals surface area contributed by atoms with E-state index in [9.17, 15) is 0 Å². The Morgan fingerprint density at radius 1 is 1.00 bits per heavy atom. The second-order valence-electron chi connectivity index (χ2n) is 4.81. The molecule has 0 fully saturated rings. The van der Waals surface area contributed by atoms with Crippen LogP contribution >= 0.6 is 24.0 Å². The molecular weight excluding hydrogens is 277 g/mol. The summed E-state index contributed by atoms with van der Waals surface area (Å²) in [5, 5.41) is 4.21. The number of rotatable bonds is 2. The number of hydrogen-bond acceptors (Lipinski definition) is 1. The molecule has 0 heterocycles. The van der Waals surface area contributed by atoms with E-state index in [-0.39, 0.29) is 12.4 Å². The van der Waals surface area contributed by atoms with Crippen molar-refractivity contribution in [3.8, 4) is 0 Å². The molecular formula is C16H17Cl2N. The zero-order valence-corrected chi connectivity index (χ0v) is 12.3.